The first-order valence-corrected chi connectivity index (χ1v) is 13.8. The number of ketones is 1. The first-order chi connectivity index (χ1) is 18.1. The number of benzene rings is 2. The maximum Gasteiger partial charge on any atom is 0.295 e. The van der Waals surface area contributed by atoms with Crippen LogP contribution in [0, 0.1) is 0 Å². The van der Waals surface area contributed by atoms with Crippen LogP contribution < -0.4 is 4.74 Å². The molecule has 1 atom stereocenters. The summed E-state index contributed by atoms with van der Waals surface area (Å²) in [6.45, 7) is 4.06. The van der Waals surface area contributed by atoms with Crippen LogP contribution in [0.2, 0.25) is 0 Å². The van der Waals surface area contributed by atoms with E-state index in [0.717, 1.165) is 23.9 Å². The van der Waals surface area contributed by atoms with Gasteiger partial charge < -0.3 is 19.5 Å². The van der Waals surface area contributed by atoms with Gasteiger partial charge in [-0.3, -0.25) is 14.5 Å². The minimum Gasteiger partial charge on any atom is -0.507 e. The number of hydrogen-bond acceptors (Lipinski definition) is 8. The largest absolute Gasteiger partial charge is 0.507 e. The minimum atomic E-state index is -3.66. The van der Waals surface area contributed by atoms with Gasteiger partial charge in [-0.25, -0.2) is 12.7 Å². The fourth-order valence-corrected chi connectivity index (χ4v) is 5.59. The number of nitrogens with zero attached hydrogens (tertiary/aromatic N) is 3. The third-order valence-electron chi connectivity index (χ3n) is 6.85. The van der Waals surface area contributed by atoms with E-state index in [-0.39, 0.29) is 21.8 Å². The molecule has 2 fully saturated rings. The zero-order chi connectivity index (χ0) is 27.4. The number of likely N-dealkylation sites (tertiary alicyclic amines) is 1. The van der Waals surface area contributed by atoms with E-state index in [9.17, 15) is 23.1 Å². The Labute approximate surface area is 223 Å². The Balaban J connectivity index is 1.68. The predicted octanol–water partition coefficient (Wildman–Crippen LogP) is 2.09. The number of carbonyl (C=O) groups excluding carboxylic acids is 2. The Bertz CT molecular complexity index is 1300. The first kappa shape index (κ1) is 27.8. The Morgan fingerprint density at radius 1 is 1.03 bits per heavy atom. The minimum absolute atomic E-state index is 0.0326. The average molecular weight is 544 g/mol. The summed E-state index contributed by atoms with van der Waals surface area (Å²) in [5.74, 6) is -1.19. The Morgan fingerprint density at radius 2 is 1.66 bits per heavy atom. The molecule has 2 saturated heterocycles. The summed E-state index contributed by atoms with van der Waals surface area (Å²) in [6, 6.07) is 11.8. The van der Waals surface area contributed by atoms with Crippen molar-refractivity contribution >= 4 is 27.5 Å². The van der Waals surface area contributed by atoms with Gasteiger partial charge in [0, 0.05) is 45.8 Å². The number of methoxy groups -OCH3 is 1. The molecule has 0 radical (unpaired) electrons. The molecule has 0 spiro atoms. The lowest BCUT2D eigenvalue weighted by Gasteiger charge is -2.29. The van der Waals surface area contributed by atoms with Crippen LogP contribution in [0.4, 0.5) is 0 Å². The van der Waals surface area contributed by atoms with E-state index in [0.29, 0.717) is 37.5 Å². The lowest BCUT2D eigenvalue weighted by molar-refractivity contribution is -0.140. The molecule has 2 heterocycles. The fourth-order valence-electron chi connectivity index (χ4n) is 4.68. The molecule has 2 aromatic rings. The molecule has 1 N–H and O–H groups in total. The standard InChI is InChI=1S/C27H33N3O7S/c1-28(2)38(34,35)22-11-7-20(8-12-22)25(31)23-24(19-5-9-21(36-3)10-6-19)30(27(33)26(23)32)14-4-13-29-15-17-37-18-16-29/h5-12,24,31H,4,13-18H2,1-3H3/b25-23+/t24-/m1/s1. The second-order valence-electron chi connectivity index (χ2n) is 9.39. The van der Waals surface area contributed by atoms with Crippen LogP contribution in [0.15, 0.2) is 59.0 Å². The monoisotopic (exact) mass is 543 g/mol. The Morgan fingerprint density at radius 3 is 2.24 bits per heavy atom. The summed E-state index contributed by atoms with van der Waals surface area (Å²) < 4.78 is 36.6. The van der Waals surface area contributed by atoms with Gasteiger partial charge in [0.25, 0.3) is 11.7 Å². The van der Waals surface area contributed by atoms with Crippen LogP contribution in [0.1, 0.15) is 23.6 Å². The summed E-state index contributed by atoms with van der Waals surface area (Å²) in [4.78, 5) is 30.3. The highest BCUT2D eigenvalue weighted by molar-refractivity contribution is 7.89. The number of amides is 1. The van der Waals surface area contributed by atoms with Crippen molar-refractivity contribution in [1.82, 2.24) is 14.1 Å². The van der Waals surface area contributed by atoms with Crippen LogP contribution in [-0.2, 0) is 24.3 Å². The lowest BCUT2D eigenvalue weighted by atomic mass is 9.95. The molecular formula is C27H33N3O7S. The van der Waals surface area contributed by atoms with Crippen LogP contribution in [0.5, 0.6) is 5.75 Å². The molecule has 4 rings (SSSR count). The van der Waals surface area contributed by atoms with E-state index >= 15 is 0 Å². The molecular weight excluding hydrogens is 510 g/mol. The van der Waals surface area contributed by atoms with Gasteiger partial charge in [-0.1, -0.05) is 12.1 Å². The quantitative estimate of drug-likeness (QED) is 0.290. The number of Topliss-reactive ketones (excluding diaryl/α,β-unsaturated/α-hetero) is 1. The van der Waals surface area contributed by atoms with Crippen molar-refractivity contribution in [3.8, 4) is 5.75 Å². The molecule has 38 heavy (non-hydrogen) atoms. The summed E-state index contributed by atoms with van der Waals surface area (Å²) in [7, 11) is 0.743. The molecule has 0 unspecified atom stereocenters. The normalized spacial score (nSPS) is 20.3. The third-order valence-corrected chi connectivity index (χ3v) is 8.68. The van der Waals surface area contributed by atoms with Gasteiger partial charge >= 0.3 is 0 Å². The zero-order valence-electron chi connectivity index (χ0n) is 21.8. The highest BCUT2D eigenvalue weighted by Gasteiger charge is 2.45. The Hall–Kier alpha value is -3.25. The van der Waals surface area contributed by atoms with Crippen molar-refractivity contribution in [1.29, 1.82) is 0 Å². The molecule has 0 saturated carbocycles. The van der Waals surface area contributed by atoms with Crippen molar-refractivity contribution in [2.75, 3.05) is 60.6 Å². The van der Waals surface area contributed by atoms with Crippen molar-refractivity contribution < 1.29 is 32.6 Å². The number of aliphatic hydroxyl groups is 1. The van der Waals surface area contributed by atoms with Gasteiger partial charge in [0.05, 0.1) is 36.8 Å². The summed E-state index contributed by atoms with van der Waals surface area (Å²) in [6.07, 6.45) is 0.650. The van der Waals surface area contributed by atoms with Gasteiger partial charge in [0.15, 0.2) is 0 Å². The van der Waals surface area contributed by atoms with Gasteiger partial charge in [-0.15, -0.1) is 0 Å². The molecule has 2 aliphatic rings. The molecule has 10 nitrogen and oxygen atoms in total. The SMILES string of the molecule is COc1ccc([C@@H]2/C(=C(\O)c3ccc(S(=O)(=O)N(C)C)cc3)C(=O)C(=O)N2CCCN2CCOCC2)cc1. The smallest absolute Gasteiger partial charge is 0.295 e. The Kier molecular flexibility index (Phi) is 8.51. The molecule has 2 aromatic carbocycles. The number of rotatable bonds is 9. The van der Waals surface area contributed by atoms with Crippen LogP contribution in [-0.4, -0.2) is 99.9 Å². The van der Waals surface area contributed by atoms with Crippen molar-refractivity contribution in [3.63, 3.8) is 0 Å². The van der Waals surface area contributed by atoms with Crippen molar-refractivity contribution in [3.05, 3.63) is 65.2 Å². The van der Waals surface area contributed by atoms with E-state index < -0.39 is 27.8 Å². The van der Waals surface area contributed by atoms with Gasteiger partial charge in [-0.2, -0.15) is 0 Å². The second-order valence-corrected chi connectivity index (χ2v) is 11.5. The van der Waals surface area contributed by atoms with E-state index in [1.165, 1.54) is 43.3 Å². The first-order valence-electron chi connectivity index (χ1n) is 12.4. The van der Waals surface area contributed by atoms with Gasteiger partial charge in [0.2, 0.25) is 10.0 Å². The van der Waals surface area contributed by atoms with Crippen LogP contribution in [0.3, 0.4) is 0 Å². The van der Waals surface area contributed by atoms with Crippen molar-refractivity contribution in [2.45, 2.75) is 17.4 Å². The van der Waals surface area contributed by atoms with E-state index in [1.807, 2.05) is 0 Å². The zero-order valence-corrected chi connectivity index (χ0v) is 22.6. The molecule has 11 heteroatoms. The third kappa shape index (κ3) is 5.60. The predicted molar refractivity (Wildman–Crippen MR) is 141 cm³/mol. The summed E-state index contributed by atoms with van der Waals surface area (Å²) >= 11 is 0. The molecule has 204 valence electrons. The molecule has 0 aliphatic carbocycles. The number of ether oxygens (including phenoxy) is 2. The van der Waals surface area contributed by atoms with Gasteiger partial charge in [-0.05, 0) is 48.4 Å². The van der Waals surface area contributed by atoms with Crippen LogP contribution >= 0.6 is 0 Å². The molecule has 0 aromatic heterocycles. The maximum absolute atomic E-state index is 13.3. The fraction of sp³-hybridized carbons (Fsp3) is 0.407. The number of sulfonamides is 1. The van der Waals surface area contributed by atoms with Crippen LogP contribution in [0.25, 0.3) is 5.76 Å². The van der Waals surface area contributed by atoms with E-state index in [1.54, 1.807) is 31.4 Å². The van der Waals surface area contributed by atoms with E-state index in [2.05, 4.69) is 4.90 Å². The summed E-state index contributed by atoms with van der Waals surface area (Å²) in [5, 5.41) is 11.3. The highest BCUT2D eigenvalue weighted by Crippen LogP contribution is 2.40. The van der Waals surface area contributed by atoms with Gasteiger partial charge in [0.1, 0.15) is 11.5 Å². The lowest BCUT2D eigenvalue weighted by Crippen LogP contribution is -2.38. The molecule has 2 aliphatic heterocycles. The number of aliphatic hydroxyl groups excluding tert-OH is 1. The molecule has 0 bridgehead atoms. The highest BCUT2D eigenvalue weighted by atomic mass is 32.2. The second kappa shape index (κ2) is 11.6. The van der Waals surface area contributed by atoms with E-state index in [4.69, 9.17) is 9.47 Å². The molecule has 1 amide bonds. The summed E-state index contributed by atoms with van der Waals surface area (Å²) in [5.41, 5.74) is 0.868. The number of carbonyl (C=O) groups is 2. The average Bonchev–Trinajstić information content (AvgIpc) is 3.18. The van der Waals surface area contributed by atoms with Crippen molar-refractivity contribution in [2.24, 2.45) is 0 Å². The number of morpholine rings is 1. The number of hydrogen-bond donors (Lipinski definition) is 1. The maximum atomic E-state index is 13.3. The topological polar surface area (TPSA) is 117 Å².